The number of nitrogens with zero attached hydrogens (tertiary/aromatic N) is 4. The zero-order valence-corrected chi connectivity index (χ0v) is 19.4. The maximum atomic E-state index is 13.0. The van der Waals surface area contributed by atoms with Crippen molar-refractivity contribution in [3.63, 3.8) is 0 Å². The Bertz CT molecular complexity index is 798. The molecule has 0 aromatic heterocycles. The van der Waals surface area contributed by atoms with Crippen molar-refractivity contribution < 1.29 is 9.59 Å². The second-order valence-electron chi connectivity index (χ2n) is 9.19. The number of carbonyl (C=O) groups is 2. The molecule has 2 amide bonds. The molecule has 3 saturated heterocycles. The van der Waals surface area contributed by atoms with Crippen molar-refractivity contribution in [2.75, 3.05) is 53.4 Å². The fraction of sp³-hybridized carbons (Fsp3) is 0.652. The van der Waals surface area contributed by atoms with Gasteiger partial charge >= 0.3 is 0 Å². The van der Waals surface area contributed by atoms with Crippen LogP contribution in [0.4, 0.5) is 0 Å². The first-order chi connectivity index (χ1) is 14.9. The van der Waals surface area contributed by atoms with Crippen LogP contribution in [0.3, 0.4) is 0 Å². The normalized spacial score (nSPS) is 28.3. The highest BCUT2D eigenvalue weighted by Gasteiger charge is 2.45. The Morgan fingerprint density at radius 3 is 2.68 bits per heavy atom. The maximum Gasteiger partial charge on any atom is 0.239 e. The standard InChI is InChI=1S/C23H34ClN5O2/c1-26-10-12-28(13-11-26)21(30)7-6-19-15-25-23(31)22-20(27(19)2)8-9-29(22)16-17-4-3-5-18(24)14-17/h3-5,14,19-20,22H,6-13,15-16H2,1-2H3,(H,25,31)/t19-,20+,22-/m0/s1. The lowest BCUT2D eigenvalue weighted by molar-refractivity contribution is -0.133. The summed E-state index contributed by atoms with van der Waals surface area (Å²) in [6, 6.07) is 8.05. The quantitative estimate of drug-likeness (QED) is 0.736. The molecule has 3 fully saturated rings. The van der Waals surface area contributed by atoms with Crippen LogP contribution in [0.1, 0.15) is 24.8 Å². The molecule has 0 unspecified atom stereocenters. The molecular formula is C23H34ClN5O2. The Labute approximate surface area is 190 Å². The van der Waals surface area contributed by atoms with Gasteiger partial charge in [0, 0.05) is 69.3 Å². The first-order valence-electron chi connectivity index (χ1n) is 11.4. The number of halogens is 1. The van der Waals surface area contributed by atoms with Crippen LogP contribution in [-0.4, -0.2) is 103 Å². The summed E-state index contributed by atoms with van der Waals surface area (Å²) in [6.45, 7) is 5.71. The minimum atomic E-state index is -0.165. The number of carbonyl (C=O) groups excluding carboxylic acids is 2. The molecule has 3 atom stereocenters. The largest absolute Gasteiger partial charge is 0.353 e. The highest BCUT2D eigenvalue weighted by molar-refractivity contribution is 6.30. The molecule has 4 rings (SSSR count). The molecule has 0 aliphatic carbocycles. The van der Waals surface area contributed by atoms with Gasteiger partial charge in [-0.25, -0.2) is 0 Å². The number of rotatable bonds is 5. The zero-order valence-electron chi connectivity index (χ0n) is 18.6. The summed E-state index contributed by atoms with van der Waals surface area (Å²) in [6.07, 6.45) is 2.27. The van der Waals surface area contributed by atoms with E-state index in [1.54, 1.807) is 0 Å². The van der Waals surface area contributed by atoms with Crippen LogP contribution >= 0.6 is 11.6 Å². The monoisotopic (exact) mass is 447 g/mol. The van der Waals surface area contributed by atoms with Gasteiger partial charge in [0.2, 0.25) is 11.8 Å². The topological polar surface area (TPSA) is 59.1 Å². The number of likely N-dealkylation sites (tertiary alicyclic amines) is 1. The third kappa shape index (κ3) is 5.22. The number of hydrogen-bond acceptors (Lipinski definition) is 5. The average Bonchev–Trinajstić information content (AvgIpc) is 3.12. The van der Waals surface area contributed by atoms with Crippen molar-refractivity contribution in [2.24, 2.45) is 0 Å². The maximum absolute atomic E-state index is 13.0. The predicted octanol–water partition coefficient (Wildman–Crippen LogP) is 1.27. The highest BCUT2D eigenvalue weighted by Crippen LogP contribution is 2.29. The minimum Gasteiger partial charge on any atom is -0.353 e. The summed E-state index contributed by atoms with van der Waals surface area (Å²) in [5, 5.41) is 3.88. The van der Waals surface area contributed by atoms with Gasteiger partial charge < -0.3 is 15.1 Å². The van der Waals surface area contributed by atoms with Gasteiger partial charge in [-0.3, -0.25) is 19.4 Å². The van der Waals surface area contributed by atoms with Crippen LogP contribution in [0.5, 0.6) is 0 Å². The number of hydrogen-bond donors (Lipinski definition) is 1. The van der Waals surface area contributed by atoms with E-state index in [0.29, 0.717) is 13.0 Å². The molecule has 3 aliphatic rings. The molecule has 1 aromatic rings. The van der Waals surface area contributed by atoms with E-state index < -0.39 is 0 Å². The Morgan fingerprint density at radius 2 is 1.94 bits per heavy atom. The number of benzene rings is 1. The summed E-state index contributed by atoms with van der Waals surface area (Å²) < 4.78 is 0. The minimum absolute atomic E-state index is 0.101. The Morgan fingerprint density at radius 1 is 1.16 bits per heavy atom. The van der Waals surface area contributed by atoms with Crippen LogP contribution in [0.2, 0.25) is 5.02 Å². The third-order valence-electron chi connectivity index (χ3n) is 7.17. The van der Waals surface area contributed by atoms with E-state index in [9.17, 15) is 9.59 Å². The van der Waals surface area contributed by atoms with Gasteiger partial charge in [-0.2, -0.15) is 0 Å². The van der Waals surface area contributed by atoms with Crippen LogP contribution in [0.15, 0.2) is 24.3 Å². The van der Waals surface area contributed by atoms with Crippen molar-refractivity contribution in [3.8, 4) is 0 Å². The molecule has 7 nitrogen and oxygen atoms in total. The van der Waals surface area contributed by atoms with Crippen LogP contribution < -0.4 is 5.32 Å². The number of amides is 2. The van der Waals surface area contributed by atoms with E-state index >= 15 is 0 Å². The summed E-state index contributed by atoms with van der Waals surface area (Å²) in [7, 11) is 4.21. The van der Waals surface area contributed by atoms with Gasteiger partial charge in [0.05, 0.1) is 0 Å². The molecule has 0 bridgehead atoms. The Kier molecular flexibility index (Phi) is 7.16. The second-order valence-corrected chi connectivity index (χ2v) is 9.62. The molecule has 3 heterocycles. The molecule has 0 saturated carbocycles. The van der Waals surface area contributed by atoms with E-state index in [1.165, 1.54) is 0 Å². The highest BCUT2D eigenvalue weighted by atomic mass is 35.5. The molecule has 3 aliphatic heterocycles. The fourth-order valence-electron chi connectivity index (χ4n) is 5.20. The smallest absolute Gasteiger partial charge is 0.239 e. The molecule has 0 radical (unpaired) electrons. The summed E-state index contributed by atoms with van der Waals surface area (Å²) in [5.41, 5.74) is 1.13. The van der Waals surface area contributed by atoms with E-state index in [4.69, 9.17) is 11.6 Å². The summed E-state index contributed by atoms with van der Waals surface area (Å²) in [4.78, 5) is 34.5. The lowest BCUT2D eigenvalue weighted by Crippen LogP contribution is -2.50. The Hall–Kier alpha value is -1.67. The van der Waals surface area contributed by atoms with Gasteiger partial charge in [0.1, 0.15) is 6.04 Å². The van der Waals surface area contributed by atoms with E-state index in [-0.39, 0.29) is 29.9 Å². The van der Waals surface area contributed by atoms with Gasteiger partial charge in [-0.15, -0.1) is 0 Å². The van der Waals surface area contributed by atoms with Crippen molar-refractivity contribution in [1.29, 1.82) is 0 Å². The number of likely N-dealkylation sites (N-methyl/N-ethyl adjacent to an activating group) is 2. The van der Waals surface area contributed by atoms with Crippen LogP contribution in [-0.2, 0) is 16.1 Å². The number of nitrogens with one attached hydrogen (secondary N) is 1. The van der Waals surface area contributed by atoms with Gasteiger partial charge in [0.25, 0.3) is 0 Å². The van der Waals surface area contributed by atoms with E-state index in [2.05, 4.69) is 40.2 Å². The molecule has 170 valence electrons. The number of piperazine rings is 1. The summed E-state index contributed by atoms with van der Waals surface area (Å²) in [5.74, 6) is 0.340. The van der Waals surface area contributed by atoms with Crippen molar-refractivity contribution in [3.05, 3.63) is 34.9 Å². The number of fused-ring (bicyclic) bond motifs is 1. The molecule has 1 aromatic carbocycles. The van der Waals surface area contributed by atoms with Crippen molar-refractivity contribution in [1.82, 2.24) is 24.9 Å². The fourth-order valence-corrected chi connectivity index (χ4v) is 5.41. The lowest BCUT2D eigenvalue weighted by atomic mass is 10.0. The van der Waals surface area contributed by atoms with Gasteiger partial charge in [-0.1, -0.05) is 23.7 Å². The predicted molar refractivity (Wildman–Crippen MR) is 122 cm³/mol. The first kappa shape index (κ1) is 22.5. The lowest BCUT2D eigenvalue weighted by Gasteiger charge is -2.35. The zero-order chi connectivity index (χ0) is 22.0. The van der Waals surface area contributed by atoms with Crippen LogP contribution in [0.25, 0.3) is 0 Å². The second kappa shape index (κ2) is 9.86. The SMILES string of the molecule is CN1CCN(C(=O)CC[C@H]2CNC(=O)[C@@H]3[C@@H](CCN3Cc3cccc(Cl)c3)N2C)CC1. The molecular weight excluding hydrogens is 414 g/mol. The summed E-state index contributed by atoms with van der Waals surface area (Å²) >= 11 is 6.15. The molecule has 0 spiro atoms. The molecule has 1 N–H and O–H groups in total. The van der Waals surface area contributed by atoms with Gasteiger partial charge in [-0.05, 0) is 44.6 Å². The third-order valence-corrected chi connectivity index (χ3v) is 7.41. The van der Waals surface area contributed by atoms with Gasteiger partial charge in [0.15, 0.2) is 0 Å². The first-order valence-corrected chi connectivity index (χ1v) is 11.7. The van der Waals surface area contributed by atoms with E-state index in [0.717, 1.165) is 62.7 Å². The van der Waals surface area contributed by atoms with Crippen LogP contribution in [0, 0.1) is 0 Å². The Balaban J connectivity index is 1.36. The van der Waals surface area contributed by atoms with E-state index in [1.807, 2.05) is 23.1 Å². The average molecular weight is 448 g/mol. The van der Waals surface area contributed by atoms with Crippen molar-refractivity contribution in [2.45, 2.75) is 43.9 Å². The van der Waals surface area contributed by atoms with Crippen molar-refractivity contribution >= 4 is 23.4 Å². The molecule has 31 heavy (non-hydrogen) atoms. The molecule has 8 heteroatoms.